The average Bonchev–Trinajstić information content (AvgIpc) is 2.45. The number of hydrogen-bond acceptors (Lipinski definition) is 2. The van der Waals surface area contributed by atoms with Gasteiger partial charge in [-0.2, -0.15) is 10.4 Å². The molecular formula is C11H17N3. The molecule has 0 amide bonds. The summed E-state index contributed by atoms with van der Waals surface area (Å²) in [6.07, 6.45) is 1.80. The Balaban J connectivity index is 3.30. The van der Waals surface area contributed by atoms with Crippen molar-refractivity contribution in [2.75, 3.05) is 0 Å². The van der Waals surface area contributed by atoms with E-state index in [-0.39, 0.29) is 11.5 Å². The van der Waals surface area contributed by atoms with Gasteiger partial charge in [0.2, 0.25) is 0 Å². The van der Waals surface area contributed by atoms with Crippen molar-refractivity contribution in [1.82, 2.24) is 9.78 Å². The van der Waals surface area contributed by atoms with Crippen LogP contribution in [0.5, 0.6) is 0 Å². The first-order valence-electron chi connectivity index (χ1n) is 4.86. The molecule has 1 rings (SSSR count). The molecule has 3 heteroatoms. The molecule has 0 aliphatic heterocycles. The van der Waals surface area contributed by atoms with Crippen molar-refractivity contribution in [2.24, 2.45) is 0 Å². The van der Waals surface area contributed by atoms with Gasteiger partial charge >= 0.3 is 0 Å². The fourth-order valence-corrected chi connectivity index (χ4v) is 1.41. The van der Waals surface area contributed by atoms with Crippen LogP contribution in [0.25, 0.3) is 0 Å². The van der Waals surface area contributed by atoms with E-state index in [1.165, 1.54) is 0 Å². The van der Waals surface area contributed by atoms with Crippen molar-refractivity contribution in [3.63, 3.8) is 0 Å². The lowest BCUT2D eigenvalue weighted by atomic mass is 9.87. The lowest BCUT2D eigenvalue weighted by molar-refractivity contribution is 0.521. The summed E-state index contributed by atoms with van der Waals surface area (Å²) in [7, 11) is 0. The van der Waals surface area contributed by atoms with Crippen LogP contribution in [0.1, 0.15) is 51.9 Å². The Morgan fingerprint density at radius 3 is 2.36 bits per heavy atom. The first-order chi connectivity index (χ1) is 6.38. The molecule has 1 aromatic rings. The number of hydrogen-bond donors (Lipinski definition) is 0. The Bertz CT molecular complexity index is 361. The summed E-state index contributed by atoms with van der Waals surface area (Å²) in [4.78, 5) is 0. The van der Waals surface area contributed by atoms with E-state index in [0.29, 0.717) is 5.69 Å². The van der Waals surface area contributed by atoms with E-state index in [2.05, 4.69) is 31.9 Å². The van der Waals surface area contributed by atoms with Crippen molar-refractivity contribution in [2.45, 2.75) is 46.1 Å². The minimum absolute atomic E-state index is 0.0157. The molecule has 1 aromatic heterocycles. The molecule has 0 fully saturated rings. The van der Waals surface area contributed by atoms with Crippen LogP contribution in [0.2, 0.25) is 0 Å². The Labute approximate surface area is 85.4 Å². The molecular weight excluding hydrogens is 174 g/mol. The van der Waals surface area contributed by atoms with E-state index < -0.39 is 0 Å². The first kappa shape index (κ1) is 10.8. The van der Waals surface area contributed by atoms with Crippen LogP contribution in [0.4, 0.5) is 0 Å². The van der Waals surface area contributed by atoms with E-state index in [4.69, 9.17) is 5.26 Å². The van der Waals surface area contributed by atoms with Crippen LogP contribution in [0.15, 0.2) is 6.20 Å². The molecule has 0 bridgehead atoms. The van der Waals surface area contributed by atoms with Gasteiger partial charge < -0.3 is 0 Å². The molecule has 0 saturated carbocycles. The quantitative estimate of drug-likeness (QED) is 0.684. The Hall–Kier alpha value is -1.30. The van der Waals surface area contributed by atoms with Gasteiger partial charge in [-0.1, -0.05) is 20.8 Å². The normalized spacial score (nSPS) is 11.8. The molecule has 0 aromatic carbocycles. The van der Waals surface area contributed by atoms with E-state index in [1.54, 1.807) is 10.9 Å². The molecule has 0 N–H and O–H groups in total. The second-order valence-electron chi connectivity index (χ2n) is 4.81. The van der Waals surface area contributed by atoms with E-state index >= 15 is 0 Å². The predicted octanol–water partition coefficient (Wildman–Crippen LogP) is 2.63. The summed E-state index contributed by atoms with van der Waals surface area (Å²) in [5.74, 6) is 0. The molecule has 0 aliphatic rings. The van der Waals surface area contributed by atoms with Gasteiger partial charge in [0.1, 0.15) is 11.8 Å². The highest BCUT2D eigenvalue weighted by molar-refractivity contribution is 5.35. The number of nitriles is 1. The second kappa shape index (κ2) is 3.45. The minimum Gasteiger partial charge on any atom is -0.252 e. The monoisotopic (exact) mass is 191 g/mol. The number of rotatable bonds is 1. The molecule has 0 aliphatic carbocycles. The Morgan fingerprint density at radius 2 is 2.00 bits per heavy atom. The minimum atomic E-state index is -0.0157. The summed E-state index contributed by atoms with van der Waals surface area (Å²) >= 11 is 0. The number of aromatic nitrogens is 2. The topological polar surface area (TPSA) is 41.6 Å². The lowest BCUT2D eigenvalue weighted by Crippen LogP contribution is -2.14. The van der Waals surface area contributed by atoms with E-state index in [1.807, 2.05) is 13.8 Å². The highest BCUT2D eigenvalue weighted by Crippen LogP contribution is 2.26. The van der Waals surface area contributed by atoms with Crippen molar-refractivity contribution < 1.29 is 0 Å². The van der Waals surface area contributed by atoms with Gasteiger partial charge in [-0.15, -0.1) is 0 Å². The van der Waals surface area contributed by atoms with Gasteiger partial charge in [0, 0.05) is 11.6 Å². The van der Waals surface area contributed by atoms with Gasteiger partial charge in [-0.25, -0.2) is 0 Å². The molecule has 0 radical (unpaired) electrons. The van der Waals surface area contributed by atoms with E-state index in [0.717, 1.165) is 5.56 Å². The molecule has 0 saturated heterocycles. The maximum atomic E-state index is 9.09. The predicted molar refractivity (Wildman–Crippen MR) is 56.0 cm³/mol. The van der Waals surface area contributed by atoms with Crippen LogP contribution < -0.4 is 0 Å². The second-order valence-corrected chi connectivity index (χ2v) is 4.81. The smallest absolute Gasteiger partial charge is 0.142 e. The van der Waals surface area contributed by atoms with Crippen molar-refractivity contribution >= 4 is 0 Å². The van der Waals surface area contributed by atoms with E-state index in [9.17, 15) is 0 Å². The third-order valence-corrected chi connectivity index (χ3v) is 2.20. The number of nitrogens with zero attached hydrogens (tertiary/aromatic N) is 3. The summed E-state index contributed by atoms with van der Waals surface area (Å²) in [5, 5.41) is 13.3. The fraction of sp³-hybridized carbons (Fsp3) is 0.636. The summed E-state index contributed by atoms with van der Waals surface area (Å²) in [6.45, 7) is 10.3. The van der Waals surface area contributed by atoms with Gasteiger partial charge in [-0.3, -0.25) is 4.68 Å². The van der Waals surface area contributed by atoms with Gasteiger partial charge in [0.25, 0.3) is 0 Å². The maximum Gasteiger partial charge on any atom is 0.142 e. The van der Waals surface area contributed by atoms with Crippen molar-refractivity contribution in [3.05, 3.63) is 17.5 Å². The largest absolute Gasteiger partial charge is 0.252 e. The molecule has 0 spiro atoms. The zero-order valence-corrected chi connectivity index (χ0v) is 9.50. The summed E-state index contributed by atoms with van der Waals surface area (Å²) in [5.41, 5.74) is 1.69. The average molecular weight is 191 g/mol. The van der Waals surface area contributed by atoms with Gasteiger partial charge in [-0.05, 0) is 19.3 Å². The highest BCUT2D eigenvalue weighted by atomic mass is 15.3. The van der Waals surface area contributed by atoms with Crippen LogP contribution in [0.3, 0.4) is 0 Å². The highest BCUT2D eigenvalue weighted by Gasteiger charge is 2.22. The molecule has 76 valence electrons. The zero-order chi connectivity index (χ0) is 10.9. The molecule has 0 unspecified atom stereocenters. The molecule has 14 heavy (non-hydrogen) atoms. The standard InChI is InChI=1S/C11H17N3/c1-8(2)14-10(6-12)9(7-13-14)11(3,4)5/h7-8H,1-5H3. The van der Waals surface area contributed by atoms with Crippen molar-refractivity contribution in [1.29, 1.82) is 5.26 Å². The summed E-state index contributed by atoms with van der Waals surface area (Å²) in [6, 6.07) is 2.47. The van der Waals surface area contributed by atoms with Gasteiger partial charge in [0.15, 0.2) is 0 Å². The molecule has 1 heterocycles. The lowest BCUT2D eigenvalue weighted by Gasteiger charge is -2.17. The zero-order valence-electron chi connectivity index (χ0n) is 9.50. The van der Waals surface area contributed by atoms with Crippen LogP contribution in [0, 0.1) is 11.3 Å². The Morgan fingerprint density at radius 1 is 1.43 bits per heavy atom. The third-order valence-electron chi connectivity index (χ3n) is 2.20. The van der Waals surface area contributed by atoms with Crippen molar-refractivity contribution in [3.8, 4) is 6.07 Å². The van der Waals surface area contributed by atoms with Crippen LogP contribution >= 0.6 is 0 Å². The van der Waals surface area contributed by atoms with Crippen LogP contribution in [-0.2, 0) is 5.41 Å². The maximum absolute atomic E-state index is 9.09. The third kappa shape index (κ3) is 1.79. The van der Waals surface area contributed by atoms with Crippen LogP contribution in [-0.4, -0.2) is 9.78 Å². The summed E-state index contributed by atoms with van der Waals surface area (Å²) < 4.78 is 1.78. The molecule has 0 atom stereocenters. The molecule has 3 nitrogen and oxygen atoms in total. The fourth-order valence-electron chi connectivity index (χ4n) is 1.41. The SMILES string of the molecule is CC(C)n1ncc(C(C)(C)C)c1C#N. The van der Waals surface area contributed by atoms with Gasteiger partial charge in [0.05, 0.1) is 6.20 Å². The Kier molecular flexibility index (Phi) is 2.66. The first-order valence-corrected chi connectivity index (χ1v) is 4.86.